The van der Waals surface area contributed by atoms with Gasteiger partial charge in [-0.15, -0.1) is 0 Å². The van der Waals surface area contributed by atoms with E-state index in [0.29, 0.717) is 18.9 Å². The number of nitrogens with zero attached hydrogens (tertiary/aromatic N) is 1. The van der Waals surface area contributed by atoms with Crippen LogP contribution in [0.3, 0.4) is 0 Å². The van der Waals surface area contributed by atoms with Gasteiger partial charge in [0.25, 0.3) is 0 Å². The number of oxazole rings is 1. The molecule has 2 aromatic carbocycles. The van der Waals surface area contributed by atoms with Gasteiger partial charge < -0.3 is 14.5 Å². The van der Waals surface area contributed by atoms with Gasteiger partial charge in [0.05, 0.1) is 13.5 Å². The number of hydrogen-bond donors (Lipinski definition) is 1. The summed E-state index contributed by atoms with van der Waals surface area (Å²) in [5.41, 5.74) is 3.70. The molecule has 1 aromatic heterocycles. The maximum atomic E-state index is 12.0. The van der Waals surface area contributed by atoms with Crippen molar-refractivity contribution >= 4 is 17.0 Å². The number of hydrogen-bond acceptors (Lipinski definition) is 4. The normalized spacial score (nSPS) is 10.8. The molecule has 0 spiro atoms. The highest BCUT2D eigenvalue weighted by molar-refractivity contribution is 5.78. The first-order chi connectivity index (χ1) is 11.6. The summed E-state index contributed by atoms with van der Waals surface area (Å²) < 4.78 is 10.6. The van der Waals surface area contributed by atoms with Crippen LogP contribution >= 0.6 is 0 Å². The molecule has 5 heteroatoms. The zero-order valence-corrected chi connectivity index (χ0v) is 13.8. The molecule has 24 heavy (non-hydrogen) atoms. The second kappa shape index (κ2) is 7.17. The van der Waals surface area contributed by atoms with E-state index in [1.807, 2.05) is 49.4 Å². The minimum atomic E-state index is 0.00149. The average Bonchev–Trinajstić information content (AvgIpc) is 2.94. The van der Waals surface area contributed by atoms with Gasteiger partial charge in [0.15, 0.2) is 11.5 Å². The summed E-state index contributed by atoms with van der Waals surface area (Å²) in [6.07, 6.45) is 1.10. The van der Waals surface area contributed by atoms with Crippen LogP contribution in [0, 0.1) is 6.92 Å². The van der Waals surface area contributed by atoms with Crippen molar-refractivity contribution < 1.29 is 13.9 Å². The van der Waals surface area contributed by atoms with Gasteiger partial charge in [0.1, 0.15) is 11.3 Å². The number of amides is 1. The van der Waals surface area contributed by atoms with Crippen LogP contribution in [0.15, 0.2) is 46.9 Å². The van der Waals surface area contributed by atoms with E-state index < -0.39 is 0 Å². The molecule has 1 heterocycles. The Hall–Kier alpha value is -2.82. The standard InChI is InChI=1S/C19H20N2O3/c1-13-21-17-11-14(6-7-18(17)24-13)8-9-20-19(22)12-15-4-3-5-16(10-15)23-2/h3-7,10-11H,8-9,12H2,1-2H3,(H,20,22). The van der Waals surface area contributed by atoms with Crippen molar-refractivity contribution in [2.24, 2.45) is 0 Å². The van der Waals surface area contributed by atoms with E-state index in [1.165, 1.54) is 0 Å². The zero-order chi connectivity index (χ0) is 16.9. The first-order valence-corrected chi connectivity index (χ1v) is 7.90. The molecule has 0 aliphatic carbocycles. The van der Waals surface area contributed by atoms with Crippen LogP contribution in [-0.4, -0.2) is 24.5 Å². The van der Waals surface area contributed by atoms with Crippen LogP contribution in [0.2, 0.25) is 0 Å². The fourth-order valence-electron chi connectivity index (χ4n) is 2.62. The molecule has 1 N–H and O–H groups in total. The Morgan fingerprint density at radius 3 is 2.92 bits per heavy atom. The maximum absolute atomic E-state index is 12.0. The Kier molecular flexibility index (Phi) is 4.79. The third kappa shape index (κ3) is 3.93. The van der Waals surface area contributed by atoms with Crippen molar-refractivity contribution in [2.45, 2.75) is 19.8 Å². The number of benzene rings is 2. The highest BCUT2D eigenvalue weighted by Crippen LogP contribution is 2.17. The second-order valence-electron chi connectivity index (χ2n) is 5.66. The van der Waals surface area contributed by atoms with Crippen LogP contribution in [-0.2, 0) is 17.6 Å². The molecular formula is C19H20N2O3. The molecule has 0 bridgehead atoms. The highest BCUT2D eigenvalue weighted by atomic mass is 16.5. The number of carbonyl (C=O) groups excluding carboxylic acids is 1. The molecule has 1 amide bonds. The van der Waals surface area contributed by atoms with Gasteiger partial charge in [-0.2, -0.15) is 0 Å². The predicted molar refractivity (Wildman–Crippen MR) is 92.2 cm³/mol. The topological polar surface area (TPSA) is 64.4 Å². The van der Waals surface area contributed by atoms with Crippen LogP contribution in [0.25, 0.3) is 11.1 Å². The Balaban J connectivity index is 1.52. The van der Waals surface area contributed by atoms with Gasteiger partial charge in [-0.1, -0.05) is 18.2 Å². The third-order valence-corrected chi connectivity index (χ3v) is 3.79. The molecule has 0 radical (unpaired) electrons. The van der Waals surface area contributed by atoms with E-state index in [2.05, 4.69) is 10.3 Å². The van der Waals surface area contributed by atoms with E-state index in [-0.39, 0.29) is 5.91 Å². The number of carbonyl (C=O) groups is 1. The Morgan fingerprint density at radius 2 is 2.08 bits per heavy atom. The highest BCUT2D eigenvalue weighted by Gasteiger charge is 2.06. The number of fused-ring (bicyclic) bond motifs is 1. The lowest BCUT2D eigenvalue weighted by Crippen LogP contribution is -2.27. The summed E-state index contributed by atoms with van der Waals surface area (Å²) in [5, 5.41) is 2.95. The summed E-state index contributed by atoms with van der Waals surface area (Å²) in [6, 6.07) is 13.5. The fourth-order valence-corrected chi connectivity index (χ4v) is 2.62. The Labute approximate surface area is 140 Å². The largest absolute Gasteiger partial charge is 0.497 e. The third-order valence-electron chi connectivity index (χ3n) is 3.79. The van der Waals surface area contributed by atoms with Gasteiger partial charge in [0.2, 0.25) is 5.91 Å². The molecule has 124 valence electrons. The summed E-state index contributed by atoms with van der Waals surface area (Å²) in [7, 11) is 1.62. The number of rotatable bonds is 6. The monoisotopic (exact) mass is 324 g/mol. The SMILES string of the molecule is COc1cccc(CC(=O)NCCc2ccc3oc(C)nc3c2)c1. The molecule has 3 rings (SSSR count). The Bertz CT molecular complexity index is 855. The van der Waals surface area contributed by atoms with E-state index in [1.54, 1.807) is 7.11 Å². The first kappa shape index (κ1) is 16.1. The summed E-state index contributed by atoms with van der Waals surface area (Å²) in [4.78, 5) is 16.4. The lowest BCUT2D eigenvalue weighted by Gasteiger charge is -2.07. The van der Waals surface area contributed by atoms with Gasteiger partial charge in [0, 0.05) is 13.5 Å². The molecule has 3 aromatic rings. The van der Waals surface area contributed by atoms with Crippen molar-refractivity contribution in [3.63, 3.8) is 0 Å². The minimum Gasteiger partial charge on any atom is -0.497 e. The molecule has 0 aliphatic heterocycles. The van der Waals surface area contributed by atoms with Crippen LogP contribution < -0.4 is 10.1 Å². The minimum absolute atomic E-state index is 0.00149. The van der Waals surface area contributed by atoms with Gasteiger partial charge in [-0.05, 0) is 41.8 Å². The van der Waals surface area contributed by atoms with E-state index in [0.717, 1.165) is 34.4 Å². The number of methoxy groups -OCH3 is 1. The molecule has 0 unspecified atom stereocenters. The second-order valence-corrected chi connectivity index (χ2v) is 5.66. The quantitative estimate of drug-likeness (QED) is 0.757. The van der Waals surface area contributed by atoms with Crippen molar-refractivity contribution in [1.82, 2.24) is 10.3 Å². The van der Waals surface area contributed by atoms with E-state index in [4.69, 9.17) is 9.15 Å². The van der Waals surface area contributed by atoms with Crippen LogP contribution in [0.5, 0.6) is 5.75 Å². The fraction of sp³-hybridized carbons (Fsp3) is 0.263. The predicted octanol–water partition coefficient (Wildman–Crippen LogP) is 3.05. The zero-order valence-electron chi connectivity index (χ0n) is 13.8. The van der Waals surface area contributed by atoms with Crippen molar-refractivity contribution in [2.75, 3.05) is 13.7 Å². The smallest absolute Gasteiger partial charge is 0.224 e. The van der Waals surface area contributed by atoms with E-state index >= 15 is 0 Å². The molecule has 0 aliphatic rings. The number of aromatic nitrogens is 1. The number of ether oxygens (including phenoxy) is 1. The lowest BCUT2D eigenvalue weighted by molar-refractivity contribution is -0.120. The van der Waals surface area contributed by atoms with Gasteiger partial charge >= 0.3 is 0 Å². The molecule has 0 fully saturated rings. The Morgan fingerprint density at radius 1 is 1.21 bits per heavy atom. The van der Waals surface area contributed by atoms with Crippen molar-refractivity contribution in [3.8, 4) is 5.75 Å². The average molecular weight is 324 g/mol. The summed E-state index contributed by atoms with van der Waals surface area (Å²) in [5.74, 6) is 1.42. The molecule has 0 saturated heterocycles. The van der Waals surface area contributed by atoms with Crippen molar-refractivity contribution in [3.05, 3.63) is 59.5 Å². The first-order valence-electron chi connectivity index (χ1n) is 7.90. The van der Waals surface area contributed by atoms with Gasteiger partial charge in [-0.25, -0.2) is 4.98 Å². The van der Waals surface area contributed by atoms with Crippen LogP contribution in [0.1, 0.15) is 17.0 Å². The lowest BCUT2D eigenvalue weighted by atomic mass is 10.1. The number of aryl methyl sites for hydroxylation is 1. The van der Waals surface area contributed by atoms with Crippen LogP contribution in [0.4, 0.5) is 0 Å². The van der Waals surface area contributed by atoms with Crippen molar-refractivity contribution in [1.29, 1.82) is 0 Å². The molecule has 5 nitrogen and oxygen atoms in total. The number of nitrogens with one attached hydrogen (secondary N) is 1. The molecule has 0 atom stereocenters. The molecule has 0 saturated carbocycles. The van der Waals surface area contributed by atoms with Gasteiger partial charge in [-0.3, -0.25) is 4.79 Å². The maximum Gasteiger partial charge on any atom is 0.224 e. The molecular weight excluding hydrogens is 304 g/mol. The van der Waals surface area contributed by atoms with E-state index in [9.17, 15) is 4.79 Å². The summed E-state index contributed by atoms with van der Waals surface area (Å²) >= 11 is 0. The summed E-state index contributed by atoms with van der Waals surface area (Å²) in [6.45, 7) is 2.42.